The molecule has 0 radical (unpaired) electrons. The minimum absolute atomic E-state index is 0.0535. The maximum absolute atomic E-state index is 13.3. The lowest BCUT2D eigenvalue weighted by molar-refractivity contribution is -0.156. The fourth-order valence-corrected chi connectivity index (χ4v) is 6.56. The lowest BCUT2D eigenvalue weighted by atomic mass is 9.46. The third-order valence-electron chi connectivity index (χ3n) is 7.06. The fourth-order valence-electron chi connectivity index (χ4n) is 6.30. The van der Waals surface area contributed by atoms with Crippen LogP contribution in [0.15, 0.2) is 17.1 Å². The van der Waals surface area contributed by atoms with Crippen LogP contribution < -0.4 is 5.32 Å². The van der Waals surface area contributed by atoms with E-state index in [1.807, 2.05) is 35.7 Å². The first kappa shape index (κ1) is 17.4. The molecule has 2 unspecified atom stereocenters. The molecule has 4 aliphatic rings. The highest BCUT2D eigenvalue weighted by molar-refractivity contribution is 9.10. The number of rotatable bonds is 4. The Balaban J connectivity index is 1.39. The smallest absolute Gasteiger partial charge is 0.226 e. The van der Waals surface area contributed by atoms with Crippen LogP contribution in [-0.4, -0.2) is 30.5 Å². The van der Waals surface area contributed by atoms with Crippen molar-refractivity contribution >= 4 is 21.8 Å². The van der Waals surface area contributed by atoms with E-state index in [-0.39, 0.29) is 16.9 Å². The van der Waals surface area contributed by atoms with E-state index in [9.17, 15) is 4.79 Å². The number of carbonyl (C=O) groups is 1. The topological polar surface area (TPSA) is 77.6 Å². The van der Waals surface area contributed by atoms with Crippen LogP contribution in [0.4, 0.5) is 0 Å². The number of aryl methyl sites for hydroxylation is 2. The van der Waals surface area contributed by atoms with Gasteiger partial charge in [-0.05, 0) is 79.3 Å². The number of hydrogen-bond donors (Lipinski definition) is 1. The quantitative estimate of drug-likeness (QED) is 0.805. The Morgan fingerprint density at radius 3 is 2.63 bits per heavy atom. The first-order chi connectivity index (χ1) is 12.9. The first-order valence-electron chi connectivity index (χ1n) is 9.73. The summed E-state index contributed by atoms with van der Waals surface area (Å²) in [6, 6.07) is 2.04. The highest BCUT2D eigenvalue weighted by Crippen LogP contribution is 2.64. The second-order valence-corrected chi connectivity index (χ2v) is 9.72. The Morgan fingerprint density at radius 2 is 2.04 bits per heavy atom. The van der Waals surface area contributed by atoms with Gasteiger partial charge in [0.1, 0.15) is 6.33 Å². The molecule has 2 heterocycles. The molecule has 1 N–H and O–H groups in total. The summed E-state index contributed by atoms with van der Waals surface area (Å²) in [6.07, 6.45) is 8.21. The molecule has 27 heavy (non-hydrogen) atoms. The molecule has 4 bridgehead atoms. The summed E-state index contributed by atoms with van der Waals surface area (Å²) < 4.78 is 4.52. The van der Waals surface area contributed by atoms with Gasteiger partial charge in [0, 0.05) is 12.7 Å². The summed E-state index contributed by atoms with van der Waals surface area (Å²) in [5.74, 6) is 1.41. The molecule has 7 nitrogen and oxygen atoms in total. The second kappa shape index (κ2) is 5.90. The van der Waals surface area contributed by atoms with Crippen molar-refractivity contribution in [1.29, 1.82) is 0 Å². The van der Waals surface area contributed by atoms with Gasteiger partial charge in [-0.3, -0.25) is 9.48 Å². The molecule has 2 aromatic heterocycles. The van der Waals surface area contributed by atoms with Gasteiger partial charge in [-0.1, -0.05) is 0 Å². The lowest BCUT2D eigenvalue weighted by Gasteiger charge is -2.60. The van der Waals surface area contributed by atoms with Crippen molar-refractivity contribution < 1.29 is 4.79 Å². The number of nitrogens with one attached hydrogen (secondary N) is 1. The number of halogens is 1. The summed E-state index contributed by atoms with van der Waals surface area (Å²) in [5, 5.41) is 12.2. The van der Waals surface area contributed by atoms with Crippen LogP contribution in [0.25, 0.3) is 0 Å². The van der Waals surface area contributed by atoms with Gasteiger partial charge in [0.25, 0.3) is 0 Å². The Morgan fingerprint density at radius 1 is 1.30 bits per heavy atom. The molecule has 6 rings (SSSR count). The van der Waals surface area contributed by atoms with Gasteiger partial charge in [0.15, 0.2) is 0 Å². The zero-order valence-corrected chi connectivity index (χ0v) is 17.4. The zero-order chi connectivity index (χ0) is 18.8. The first-order valence-corrected chi connectivity index (χ1v) is 10.5. The standard InChI is InChI=1S/C19H25BrN6O/c1-12-3-15(23-25(12)2)9-21-16(27)18-5-13-4-14(6-18)8-19(7-13,10-18)26-11-22-17(20)24-26/h3,11,13-14H,4-10H2,1-2H3,(H,21,27). The normalized spacial score (nSPS) is 34.2. The molecule has 4 fully saturated rings. The average Bonchev–Trinajstić information content (AvgIpc) is 3.18. The van der Waals surface area contributed by atoms with Crippen LogP contribution >= 0.6 is 15.9 Å². The number of amides is 1. The van der Waals surface area contributed by atoms with Crippen molar-refractivity contribution in [3.8, 4) is 0 Å². The SMILES string of the molecule is Cc1cc(CNC(=O)C23CC4CC(C2)CC(n2cnc(Br)n2)(C4)C3)nn1C. The van der Waals surface area contributed by atoms with Gasteiger partial charge in [0.2, 0.25) is 10.6 Å². The minimum Gasteiger partial charge on any atom is -0.350 e. The number of nitrogens with zero attached hydrogens (tertiary/aromatic N) is 5. The lowest BCUT2D eigenvalue weighted by Crippen LogP contribution is -2.61. The van der Waals surface area contributed by atoms with Crippen molar-refractivity contribution in [3.05, 3.63) is 28.5 Å². The monoisotopic (exact) mass is 432 g/mol. The molecule has 1 amide bonds. The molecule has 144 valence electrons. The second-order valence-electron chi connectivity index (χ2n) is 9.01. The highest BCUT2D eigenvalue weighted by atomic mass is 79.9. The van der Waals surface area contributed by atoms with Gasteiger partial charge in [-0.25, -0.2) is 9.67 Å². The molecule has 0 aliphatic heterocycles. The van der Waals surface area contributed by atoms with Gasteiger partial charge in [0.05, 0.1) is 23.2 Å². The Bertz CT molecular complexity index is 868. The van der Waals surface area contributed by atoms with E-state index in [0.29, 0.717) is 23.1 Å². The predicted octanol–water partition coefficient (Wildman–Crippen LogP) is 2.69. The van der Waals surface area contributed by atoms with E-state index >= 15 is 0 Å². The number of aromatic nitrogens is 5. The van der Waals surface area contributed by atoms with Crippen LogP contribution in [0.1, 0.15) is 49.9 Å². The van der Waals surface area contributed by atoms with Crippen molar-refractivity contribution in [1.82, 2.24) is 29.9 Å². The largest absolute Gasteiger partial charge is 0.350 e. The van der Waals surface area contributed by atoms with Gasteiger partial charge in [-0.2, -0.15) is 5.10 Å². The predicted molar refractivity (Wildman–Crippen MR) is 103 cm³/mol. The third kappa shape index (κ3) is 2.75. The van der Waals surface area contributed by atoms with E-state index < -0.39 is 0 Å². The summed E-state index contributed by atoms with van der Waals surface area (Å²) >= 11 is 3.38. The summed E-state index contributed by atoms with van der Waals surface area (Å²) in [4.78, 5) is 17.6. The van der Waals surface area contributed by atoms with Crippen LogP contribution in [0.5, 0.6) is 0 Å². The molecule has 4 aliphatic carbocycles. The summed E-state index contributed by atoms with van der Waals surface area (Å²) in [5.41, 5.74) is 1.70. The third-order valence-corrected chi connectivity index (χ3v) is 7.42. The fraction of sp³-hybridized carbons (Fsp3) is 0.684. The Kier molecular flexibility index (Phi) is 3.80. The molecular weight excluding hydrogens is 408 g/mol. The molecule has 2 atom stereocenters. The van der Waals surface area contributed by atoms with Crippen LogP contribution in [0.2, 0.25) is 0 Å². The van der Waals surface area contributed by atoms with Gasteiger partial charge >= 0.3 is 0 Å². The van der Waals surface area contributed by atoms with E-state index in [2.05, 4.69) is 36.4 Å². The molecular formula is C19H25BrN6O. The maximum Gasteiger partial charge on any atom is 0.226 e. The number of carbonyl (C=O) groups excluding carboxylic acids is 1. The minimum atomic E-state index is -0.271. The van der Waals surface area contributed by atoms with Crippen molar-refractivity contribution in [2.24, 2.45) is 24.3 Å². The van der Waals surface area contributed by atoms with E-state index in [1.165, 1.54) is 6.42 Å². The van der Waals surface area contributed by atoms with Crippen LogP contribution in [-0.2, 0) is 23.9 Å². The molecule has 0 saturated heterocycles. The van der Waals surface area contributed by atoms with E-state index in [1.54, 1.807) is 0 Å². The van der Waals surface area contributed by atoms with Gasteiger partial charge in [-0.15, -0.1) is 5.10 Å². The van der Waals surface area contributed by atoms with Crippen molar-refractivity contribution in [2.75, 3.05) is 0 Å². The van der Waals surface area contributed by atoms with E-state index in [4.69, 9.17) is 0 Å². The molecule has 2 aromatic rings. The van der Waals surface area contributed by atoms with Gasteiger partial charge < -0.3 is 5.32 Å². The van der Waals surface area contributed by atoms with Crippen LogP contribution in [0, 0.1) is 24.2 Å². The van der Waals surface area contributed by atoms with Crippen molar-refractivity contribution in [2.45, 2.75) is 57.5 Å². The van der Waals surface area contributed by atoms with Crippen LogP contribution in [0.3, 0.4) is 0 Å². The Labute approximate surface area is 167 Å². The summed E-state index contributed by atoms with van der Waals surface area (Å²) in [7, 11) is 1.93. The zero-order valence-electron chi connectivity index (χ0n) is 15.8. The molecule has 0 spiro atoms. The summed E-state index contributed by atoms with van der Waals surface area (Å²) in [6.45, 7) is 2.52. The number of hydrogen-bond acceptors (Lipinski definition) is 4. The molecule has 0 aromatic carbocycles. The van der Waals surface area contributed by atoms with E-state index in [0.717, 1.165) is 43.5 Å². The molecule has 8 heteroatoms. The average molecular weight is 433 g/mol. The maximum atomic E-state index is 13.3. The highest BCUT2D eigenvalue weighted by Gasteiger charge is 2.61. The Hall–Kier alpha value is -1.70. The van der Waals surface area contributed by atoms with Crippen molar-refractivity contribution in [3.63, 3.8) is 0 Å². The molecule has 4 saturated carbocycles.